The first-order valence-corrected chi connectivity index (χ1v) is 31.0. The van der Waals surface area contributed by atoms with Gasteiger partial charge < -0.3 is 9.80 Å². The highest BCUT2D eigenvalue weighted by molar-refractivity contribution is 7.99. The van der Waals surface area contributed by atoms with Crippen molar-refractivity contribution in [1.29, 1.82) is 5.26 Å². The van der Waals surface area contributed by atoms with E-state index < -0.39 is 21.8 Å². The number of allylic oxidation sites excluding steroid dienone is 5. The molecule has 1 aliphatic rings. The molecular weight excluding hydrogens is 1080 g/mol. The van der Waals surface area contributed by atoms with Crippen LogP contribution in [-0.4, -0.2) is 46.6 Å². The predicted octanol–water partition coefficient (Wildman–Crippen LogP) is 17.8. The van der Waals surface area contributed by atoms with Crippen molar-refractivity contribution in [3.05, 3.63) is 266 Å². The minimum absolute atomic E-state index is 0.228. The summed E-state index contributed by atoms with van der Waals surface area (Å²) in [6.45, 7) is 17.6. The van der Waals surface area contributed by atoms with E-state index in [9.17, 15) is 13.7 Å². The lowest BCUT2D eigenvalue weighted by Gasteiger charge is -2.29. The molecule has 1 heterocycles. The third kappa shape index (κ3) is 13.5. The van der Waals surface area contributed by atoms with Gasteiger partial charge in [0.15, 0.2) is 6.54 Å². The lowest BCUT2D eigenvalue weighted by Crippen LogP contribution is -2.26. The summed E-state index contributed by atoms with van der Waals surface area (Å²) in [5.41, 5.74) is 16.8. The van der Waals surface area contributed by atoms with E-state index in [1.807, 2.05) is 24.8 Å². The number of thiophene rings is 1. The lowest BCUT2D eigenvalue weighted by molar-refractivity contribution is -0.457. The average molecular weight is 1150 g/mol. The summed E-state index contributed by atoms with van der Waals surface area (Å²) >= 11 is 3.04. The van der Waals surface area contributed by atoms with Gasteiger partial charge in [-0.25, -0.2) is 8.78 Å². The molecule has 0 fully saturated rings. The molecule has 0 unspecified atom stereocenters. The molecule has 1 N–H and O–H groups in total. The Morgan fingerprint density at radius 2 is 1.33 bits per heavy atom. The Morgan fingerprint density at radius 3 is 1.93 bits per heavy atom. The first kappa shape index (κ1) is 58.7. The van der Waals surface area contributed by atoms with Crippen LogP contribution in [0.5, 0.6) is 0 Å². The number of benzene rings is 7. The first-order chi connectivity index (χ1) is 39.5. The van der Waals surface area contributed by atoms with Crippen LogP contribution in [0, 0.1) is 50.7 Å². The second kappa shape index (κ2) is 26.3. The van der Waals surface area contributed by atoms with E-state index in [0.29, 0.717) is 46.4 Å². The maximum Gasteiger partial charge on any atom is 0.264 e. The summed E-state index contributed by atoms with van der Waals surface area (Å²) in [5.74, 6) is 0.345. The molecular formula is C70H67F2N4O3S3+. The van der Waals surface area contributed by atoms with Gasteiger partial charge in [0, 0.05) is 74.4 Å². The zero-order valence-corrected chi connectivity index (χ0v) is 49.6. The van der Waals surface area contributed by atoms with Crippen molar-refractivity contribution >= 4 is 78.3 Å². The molecule has 7 aromatic carbocycles. The van der Waals surface area contributed by atoms with Gasteiger partial charge in [0.25, 0.3) is 10.1 Å². The fraction of sp³-hybridized carbons (Fsp3) is 0.200. The largest absolute Gasteiger partial charge is 0.337 e. The van der Waals surface area contributed by atoms with Gasteiger partial charge in [-0.1, -0.05) is 140 Å². The fourth-order valence-electron chi connectivity index (χ4n) is 10.7. The van der Waals surface area contributed by atoms with Gasteiger partial charge >= 0.3 is 0 Å². The summed E-state index contributed by atoms with van der Waals surface area (Å²) in [5, 5.41) is 11.9. The van der Waals surface area contributed by atoms with Gasteiger partial charge in [0.1, 0.15) is 22.7 Å². The highest BCUT2D eigenvalue weighted by atomic mass is 32.2. The van der Waals surface area contributed by atoms with Crippen LogP contribution in [0.25, 0.3) is 22.8 Å². The number of hydrogen-bond donors (Lipinski definition) is 1. The Balaban J connectivity index is 1.21. The third-order valence-corrected chi connectivity index (χ3v) is 17.8. The van der Waals surface area contributed by atoms with Gasteiger partial charge in [-0.2, -0.15) is 30.0 Å². The molecule has 82 heavy (non-hydrogen) atoms. The topological polar surface area (TPSA) is 87.7 Å². The molecule has 12 heteroatoms. The van der Waals surface area contributed by atoms with E-state index in [2.05, 4.69) is 183 Å². The Bertz CT molecular complexity index is 3870. The monoisotopic (exact) mass is 1150 g/mol. The summed E-state index contributed by atoms with van der Waals surface area (Å²) in [6, 6.07) is 53.6. The van der Waals surface area contributed by atoms with E-state index >= 15 is 8.78 Å². The van der Waals surface area contributed by atoms with Crippen molar-refractivity contribution in [2.24, 2.45) is 0 Å². The van der Waals surface area contributed by atoms with Crippen molar-refractivity contribution in [1.82, 2.24) is 0 Å². The van der Waals surface area contributed by atoms with E-state index in [1.165, 1.54) is 29.0 Å². The Labute approximate surface area is 491 Å². The van der Waals surface area contributed by atoms with Crippen LogP contribution < -0.4 is 9.80 Å². The maximum absolute atomic E-state index is 16.7. The minimum Gasteiger partial charge on any atom is -0.337 e. The predicted molar refractivity (Wildman–Crippen MR) is 340 cm³/mol. The smallest absolute Gasteiger partial charge is 0.264 e. The fourth-order valence-corrected chi connectivity index (χ4v) is 13.9. The summed E-state index contributed by atoms with van der Waals surface area (Å²) < 4.78 is 66.5. The van der Waals surface area contributed by atoms with Crippen LogP contribution in [0.2, 0.25) is 0 Å². The second-order valence-corrected chi connectivity index (χ2v) is 24.7. The molecule has 7 nitrogen and oxygen atoms in total. The average Bonchev–Trinajstić information content (AvgIpc) is 4.06. The van der Waals surface area contributed by atoms with Crippen LogP contribution in [-0.2, 0) is 29.6 Å². The number of nitrogens with zero attached hydrogens (tertiary/aromatic N) is 4. The molecule has 0 atom stereocenters. The SMILES string of the molecule is C=Cc1ccc(CN(c2ccc(C(=C3C=CC(=[N+](Cc4ccc(CCSCCCS(=O)(=O)O)cc4)c4c(C)cccc4C)C=C3)c3sc(N(c4ccccc4F)C(C)C)c(C#N)c3-c3ccccc3F)cc2)c2c(C)cccc2C)cc1. The summed E-state index contributed by atoms with van der Waals surface area (Å²) in [6.07, 6.45) is 11.6. The molecule has 0 spiro atoms. The molecule has 1 aromatic heterocycles. The zero-order chi connectivity index (χ0) is 58.1. The number of nitriles is 1. The maximum atomic E-state index is 16.7. The highest BCUT2D eigenvalue weighted by Crippen LogP contribution is 2.51. The van der Waals surface area contributed by atoms with Crippen molar-refractivity contribution in [3.8, 4) is 17.2 Å². The lowest BCUT2D eigenvalue weighted by atomic mass is 9.90. The van der Waals surface area contributed by atoms with Gasteiger partial charge in [0.2, 0.25) is 11.4 Å². The standard InChI is InChI=1S/C70H66F2N4O3S3/c1-8-52-24-28-54(29-25-52)45-74(67-48(4)16-13-17-49(67)5)58-36-32-56(33-37-58)65(69-66(60-20-9-10-21-62(60)71)61(44-73)70(81-69)76(47(2)3)64-23-12-11-22-63(64)72)57-34-38-59(39-35-57)75(68-50(6)18-14-19-51(68)7)46-55-30-26-53(27-31-55)40-42-80-41-15-43-82(77,78)79/h8-14,16-39,47H,1,15,40-43,45-46H2,2-7H3/p+1. The number of thioether (sulfide) groups is 1. The summed E-state index contributed by atoms with van der Waals surface area (Å²) in [4.78, 5) is 4.86. The molecule has 8 aromatic rings. The third-order valence-electron chi connectivity index (χ3n) is 14.7. The number of para-hydroxylation sites is 3. The van der Waals surface area contributed by atoms with Gasteiger partial charge in [0.05, 0.1) is 17.0 Å². The number of anilines is 4. The minimum atomic E-state index is -3.96. The van der Waals surface area contributed by atoms with Gasteiger partial charge in [-0.15, -0.1) is 11.3 Å². The number of halogens is 2. The van der Waals surface area contributed by atoms with Crippen LogP contribution in [0.15, 0.2) is 194 Å². The molecule has 0 radical (unpaired) electrons. The number of hydrogen-bond acceptors (Lipinski definition) is 7. The molecule has 0 amide bonds. The van der Waals surface area contributed by atoms with E-state index in [4.69, 9.17) is 4.55 Å². The molecule has 9 rings (SSSR count). The molecule has 0 saturated carbocycles. The van der Waals surface area contributed by atoms with E-state index in [0.717, 1.165) is 90.6 Å². The van der Waals surface area contributed by atoms with Gasteiger partial charge in [-0.3, -0.25) is 4.55 Å². The van der Waals surface area contributed by atoms with Gasteiger partial charge in [-0.05, 0) is 147 Å². The molecule has 416 valence electrons. The Hall–Kier alpha value is -7.92. The molecule has 0 saturated heterocycles. The first-order valence-electron chi connectivity index (χ1n) is 27.5. The van der Waals surface area contributed by atoms with Crippen LogP contribution in [0.1, 0.15) is 80.8 Å². The second-order valence-electron chi connectivity index (χ2n) is 20.9. The number of aryl methyl sites for hydroxylation is 5. The van der Waals surface area contributed by atoms with E-state index in [-0.39, 0.29) is 22.9 Å². The van der Waals surface area contributed by atoms with Crippen LogP contribution >= 0.6 is 23.1 Å². The summed E-state index contributed by atoms with van der Waals surface area (Å²) in [7, 11) is -3.96. The Kier molecular flexibility index (Phi) is 18.9. The van der Waals surface area contributed by atoms with Crippen molar-refractivity contribution in [3.63, 3.8) is 0 Å². The quantitative estimate of drug-likeness (QED) is 0.0436. The molecule has 0 bridgehead atoms. The van der Waals surface area contributed by atoms with Crippen LogP contribution in [0.4, 0.5) is 36.5 Å². The van der Waals surface area contributed by atoms with Crippen LogP contribution in [0.3, 0.4) is 0 Å². The normalized spacial score (nSPS) is 12.2. The zero-order valence-electron chi connectivity index (χ0n) is 47.2. The molecule has 0 aliphatic heterocycles. The van der Waals surface area contributed by atoms with E-state index in [1.54, 1.807) is 48.2 Å². The molecule has 1 aliphatic carbocycles. The van der Waals surface area contributed by atoms with Crippen molar-refractivity contribution < 1.29 is 26.3 Å². The highest BCUT2D eigenvalue weighted by Gasteiger charge is 2.32. The van der Waals surface area contributed by atoms with Crippen molar-refractivity contribution in [2.45, 2.75) is 73.5 Å². The Morgan fingerprint density at radius 1 is 0.732 bits per heavy atom. The van der Waals surface area contributed by atoms with Crippen molar-refractivity contribution in [2.75, 3.05) is 27.1 Å². The number of rotatable bonds is 21.